The number of hydrogen-bond acceptors (Lipinski definition) is 20. The molecule has 3 fully saturated rings. The molecule has 0 spiro atoms. The highest BCUT2D eigenvalue weighted by atomic mass is 79.9. The molecule has 6 aromatic carbocycles. The minimum absolute atomic E-state index is 0.0193. The Hall–Kier alpha value is -13.6. The molecule has 3 saturated heterocycles. The Morgan fingerprint density at radius 2 is 0.795 bits per heavy atom. The van der Waals surface area contributed by atoms with Crippen LogP contribution in [0.5, 0.6) is 11.8 Å². The fourth-order valence-electron chi connectivity index (χ4n) is 15.7. The van der Waals surface area contributed by atoms with Gasteiger partial charge in [0.05, 0.1) is 114 Å². The summed E-state index contributed by atoms with van der Waals surface area (Å²) >= 11 is 3.46. The minimum atomic E-state index is -0.957. The molecule has 132 heavy (non-hydrogen) atoms. The van der Waals surface area contributed by atoms with Crippen LogP contribution in [0, 0.1) is 37.2 Å². The van der Waals surface area contributed by atoms with Crippen LogP contribution in [-0.4, -0.2) is 160 Å². The molecule has 12 heterocycles. The molecule has 18 rings (SSSR count). The molecule has 0 bridgehead atoms. The number of aliphatic hydroxyl groups is 1. The van der Waals surface area contributed by atoms with Crippen LogP contribution >= 0.6 is 15.9 Å². The van der Waals surface area contributed by atoms with E-state index in [1.807, 2.05) is 108 Å². The van der Waals surface area contributed by atoms with Gasteiger partial charge in [0.25, 0.3) is 0 Å². The number of anilines is 3. The number of imidazole rings is 3. The highest BCUT2D eigenvalue weighted by Gasteiger charge is 2.30. The first kappa shape index (κ1) is 93.1. The summed E-state index contributed by atoms with van der Waals surface area (Å²) in [5.74, 6) is 3.14. The normalized spacial score (nSPS) is 16.4. The fraction of sp³-hybridized carbons (Fsp3) is 0.347. The number of fused-ring (bicyclic) bond motifs is 3. The topological polar surface area (TPSA) is 271 Å². The number of carboxylic acid groups (broad SMARTS) is 1. The third kappa shape index (κ3) is 23.9. The molecule has 3 atom stereocenters. The number of esters is 2. The van der Waals surface area contributed by atoms with Gasteiger partial charge in [0.1, 0.15) is 81.4 Å². The van der Waals surface area contributed by atoms with Gasteiger partial charge in [0, 0.05) is 107 Å². The predicted molar refractivity (Wildman–Crippen MR) is 498 cm³/mol. The molecule has 680 valence electrons. The number of halogens is 4. The van der Waals surface area contributed by atoms with Gasteiger partial charge in [0.2, 0.25) is 11.8 Å². The van der Waals surface area contributed by atoms with Crippen LogP contribution in [0.3, 0.4) is 0 Å². The molecule has 27 nitrogen and oxygen atoms in total. The molecule has 0 saturated carbocycles. The second-order valence-corrected chi connectivity index (χ2v) is 35.6. The summed E-state index contributed by atoms with van der Waals surface area (Å²) < 4.78 is 88.6. The Balaban J connectivity index is 0.000000144. The summed E-state index contributed by atoms with van der Waals surface area (Å²) in [4.78, 5) is 81.9. The van der Waals surface area contributed by atoms with Crippen molar-refractivity contribution in [2.24, 2.45) is 0 Å². The number of aliphatic hydroxyl groups excluding tert-OH is 1. The third-order valence-corrected chi connectivity index (χ3v) is 23.6. The van der Waals surface area contributed by atoms with E-state index in [1.54, 1.807) is 66.7 Å². The lowest BCUT2D eigenvalue weighted by Gasteiger charge is -2.29. The van der Waals surface area contributed by atoms with E-state index < -0.39 is 34.6 Å². The van der Waals surface area contributed by atoms with Gasteiger partial charge in [-0.3, -0.25) is 0 Å². The number of nitrogens with zero attached hydrogens (tertiary/aromatic N) is 15. The lowest BCUT2D eigenvalue weighted by Crippen LogP contribution is -2.32. The van der Waals surface area contributed by atoms with Gasteiger partial charge in [-0.1, -0.05) is 89.5 Å². The summed E-state index contributed by atoms with van der Waals surface area (Å²) in [5.41, 5.74) is 11.0. The molecule has 6 aliphatic heterocycles. The van der Waals surface area contributed by atoms with E-state index in [2.05, 4.69) is 92.0 Å². The van der Waals surface area contributed by atoms with Crippen LogP contribution in [-0.2, 0) is 82.4 Å². The van der Waals surface area contributed by atoms with Crippen molar-refractivity contribution in [2.45, 2.75) is 168 Å². The Labute approximate surface area is 771 Å². The van der Waals surface area contributed by atoms with Gasteiger partial charge in [-0.25, -0.2) is 62.0 Å². The molecular weight excluding hydrogens is 1750 g/mol. The van der Waals surface area contributed by atoms with Crippen LogP contribution in [0.2, 0.25) is 0 Å². The zero-order valence-corrected chi connectivity index (χ0v) is 75.8. The van der Waals surface area contributed by atoms with Crippen molar-refractivity contribution in [2.75, 3.05) is 73.8 Å². The van der Waals surface area contributed by atoms with Gasteiger partial charge < -0.3 is 71.8 Å². The predicted octanol–water partition coefficient (Wildman–Crippen LogP) is 19.6. The molecule has 6 aliphatic rings. The van der Waals surface area contributed by atoms with Crippen molar-refractivity contribution in [1.29, 1.82) is 0 Å². The average Bonchev–Trinajstić information content (AvgIpc) is 1.64. The largest absolute Gasteiger partial charge is 0.478 e. The lowest BCUT2D eigenvalue weighted by atomic mass is 10.0. The van der Waals surface area contributed by atoms with Gasteiger partial charge in [0.15, 0.2) is 17.1 Å². The number of carboxylic acids is 1. The molecular formula is C101H101BrF3N15O12. The van der Waals surface area contributed by atoms with Crippen LogP contribution in [0.25, 0.3) is 47.6 Å². The smallest absolute Gasteiger partial charge is 0.338 e. The van der Waals surface area contributed by atoms with Crippen molar-refractivity contribution in [3.05, 3.63) is 306 Å². The van der Waals surface area contributed by atoms with E-state index in [0.29, 0.717) is 73.0 Å². The molecule has 6 aromatic heterocycles. The van der Waals surface area contributed by atoms with E-state index in [0.717, 1.165) is 176 Å². The highest BCUT2D eigenvalue weighted by molar-refractivity contribution is 9.10. The zero-order valence-electron chi connectivity index (χ0n) is 74.2. The van der Waals surface area contributed by atoms with Crippen LogP contribution in [0.1, 0.15) is 145 Å². The summed E-state index contributed by atoms with van der Waals surface area (Å²) in [6.45, 7) is 40.6. The van der Waals surface area contributed by atoms with E-state index in [1.165, 1.54) is 41.0 Å². The average molecular weight is 1850 g/mol. The standard InChI is InChI=1S/C35H36FN5O4.C31H28FN5O4.C27H31BrN4O3.C8H6FNO/c1-35(2,3)45-34(42)24-9-11-29-30(19-24)41(21-27-14-17-43-27)32(38-29)18-23-12-15-40(16-13-23)31-6-5-7-33(39-31)44-22-25-8-10-26(37-4)20-28(25)36;1-33-23-7-5-22(25(32)17-23)19-41-30-4-2-3-28(35-30)36-12-9-20(10-13-36)15-29-34-26-8-6-21(31(38)39)16-27(26)37(29)18-24-11-14-40-24;1-27(2,3)35-26(33)19-7-8-21-22(16-19)32(17-20-11-14-34-20)25(29-21)15-18-9-12-31(13-10-18)24-6-4-5-23(28)30-24;1-10-7-3-2-6(5-11)8(9)4-7/h5-12,19-20,27H,13-18,21-22H2,1-3H3;2-9,16-17,24H,10-15,18-19H2,(H,38,39);4-9,16,20H,10-15,17H2,1-3H3;2-4,11H,5H2/t27-;24-;20-;/m000./s1. The number of hydrogen-bond donors (Lipinski definition) is 2. The molecule has 2 N–H and O–H groups in total. The Bertz CT molecular complexity index is 6500. The quantitative estimate of drug-likeness (QED) is 0.0233. The zero-order chi connectivity index (χ0) is 92.7. The van der Waals surface area contributed by atoms with Crippen LogP contribution in [0.4, 0.5) is 47.7 Å². The van der Waals surface area contributed by atoms with Crippen molar-refractivity contribution in [3.8, 4) is 11.8 Å². The maximum absolute atomic E-state index is 14.3. The number of aromatic carboxylic acids is 1. The second kappa shape index (κ2) is 42.1. The molecule has 0 amide bonds. The first-order chi connectivity index (χ1) is 63.6. The summed E-state index contributed by atoms with van der Waals surface area (Å²) in [5, 5.41) is 18.0. The number of carbonyl (C=O) groups excluding carboxylic acids is 2. The number of carbonyl (C=O) groups is 3. The van der Waals surface area contributed by atoms with Gasteiger partial charge in [-0.2, -0.15) is 9.97 Å². The first-order valence-electron chi connectivity index (χ1n) is 43.9. The van der Waals surface area contributed by atoms with Crippen LogP contribution < -0.4 is 24.2 Å². The number of benzene rings is 6. The van der Waals surface area contributed by atoms with Crippen LogP contribution in [0.15, 0.2) is 203 Å². The third-order valence-electron chi connectivity index (χ3n) is 23.1. The van der Waals surface area contributed by atoms with Crippen molar-refractivity contribution in [3.63, 3.8) is 0 Å². The molecule has 31 heteroatoms. The SMILES string of the molecule is CC(C)(C)OC(=O)c1ccc2nc(CC3=CCN(c4cccc(Br)n4)CC3)n(C[C@@H]3CCO3)c2c1.[C-]#[N+]c1ccc(CO)c(F)c1.[C-]#[N+]c1ccc(COc2cccc(N3CC=C(Cc4nc5ccc(C(=O)O)cc5n4C[C@@H]4CCO4)CC3)n2)c(F)c1.[C-]#[N+]c1ccc(COc2cccc(N3CC=C(Cc4nc5ccc(C(=O)OC(C)(C)C)cc5n4C[C@@H]4CCO4)CC3)n2)c(F)c1. The molecule has 0 radical (unpaired) electrons. The Morgan fingerprint density at radius 1 is 0.455 bits per heavy atom. The minimum Gasteiger partial charge on any atom is -0.478 e. The van der Waals surface area contributed by atoms with Gasteiger partial charge in [-0.15, -0.1) is 0 Å². The number of ether oxygens (including phenoxy) is 7. The Kier molecular flexibility index (Phi) is 29.7. The number of aromatic nitrogens is 9. The van der Waals surface area contributed by atoms with E-state index in [-0.39, 0.29) is 78.3 Å². The highest BCUT2D eigenvalue weighted by Crippen LogP contribution is 2.34. The number of pyridine rings is 3. The summed E-state index contributed by atoms with van der Waals surface area (Å²) in [6, 6.07) is 46.1. The Morgan fingerprint density at radius 3 is 1.10 bits per heavy atom. The van der Waals surface area contributed by atoms with Crippen molar-refractivity contribution < 1.29 is 70.9 Å². The lowest BCUT2D eigenvalue weighted by molar-refractivity contribution is -0.0591. The van der Waals surface area contributed by atoms with Gasteiger partial charge >= 0.3 is 17.9 Å². The molecule has 12 aromatic rings. The first-order valence-corrected chi connectivity index (χ1v) is 44.7. The van der Waals surface area contributed by atoms with E-state index >= 15 is 0 Å². The van der Waals surface area contributed by atoms with Crippen molar-refractivity contribution >= 4 is 101 Å². The fourth-order valence-corrected chi connectivity index (χ4v) is 16.1. The summed E-state index contributed by atoms with van der Waals surface area (Å²) in [7, 11) is 0. The molecule has 0 unspecified atom stereocenters. The maximum Gasteiger partial charge on any atom is 0.338 e. The number of rotatable bonds is 25. The van der Waals surface area contributed by atoms with E-state index in [4.69, 9.17) is 72.9 Å². The second-order valence-electron chi connectivity index (χ2n) is 34.8. The summed E-state index contributed by atoms with van der Waals surface area (Å²) in [6.07, 6.45) is 15.0. The van der Waals surface area contributed by atoms with E-state index in [9.17, 15) is 32.7 Å². The van der Waals surface area contributed by atoms with Crippen molar-refractivity contribution in [1.82, 2.24) is 43.6 Å². The monoisotopic (exact) mass is 1850 g/mol. The maximum atomic E-state index is 14.3. The molecule has 0 aliphatic carbocycles. The van der Waals surface area contributed by atoms with Gasteiger partial charge in [-0.05, 0) is 193 Å².